The van der Waals surface area contributed by atoms with Gasteiger partial charge in [0.15, 0.2) is 0 Å². The predicted octanol–water partition coefficient (Wildman–Crippen LogP) is 2.51. The van der Waals surface area contributed by atoms with Gasteiger partial charge in [0.25, 0.3) is 0 Å². The summed E-state index contributed by atoms with van der Waals surface area (Å²) >= 11 is 0. The van der Waals surface area contributed by atoms with Crippen LogP contribution in [0, 0.1) is 11.3 Å². The molecule has 1 N–H and O–H groups in total. The van der Waals surface area contributed by atoms with E-state index in [2.05, 4.69) is 19.2 Å². The first-order chi connectivity index (χ1) is 10.5. The van der Waals surface area contributed by atoms with Gasteiger partial charge in [0.1, 0.15) is 17.6 Å². The summed E-state index contributed by atoms with van der Waals surface area (Å²) in [5.74, 6) is 2.18. The van der Waals surface area contributed by atoms with Crippen molar-refractivity contribution >= 4 is 6.03 Å². The van der Waals surface area contributed by atoms with Crippen LogP contribution in [-0.4, -0.2) is 43.8 Å². The quantitative estimate of drug-likeness (QED) is 0.909. The molecular formula is C17H24N2O3. The van der Waals surface area contributed by atoms with Crippen LogP contribution in [-0.2, 0) is 0 Å². The van der Waals surface area contributed by atoms with E-state index >= 15 is 0 Å². The maximum Gasteiger partial charge on any atom is 0.317 e. The van der Waals surface area contributed by atoms with Gasteiger partial charge in [-0.25, -0.2) is 4.79 Å². The number of likely N-dealkylation sites (tertiary alicyclic amines) is 1. The molecular weight excluding hydrogens is 280 g/mol. The van der Waals surface area contributed by atoms with E-state index in [-0.39, 0.29) is 12.1 Å². The fraction of sp³-hybridized carbons (Fsp3) is 0.588. The largest absolute Gasteiger partial charge is 0.497 e. The van der Waals surface area contributed by atoms with Crippen LogP contribution in [0.4, 0.5) is 4.79 Å². The number of rotatable bonds is 5. The first-order valence-electron chi connectivity index (χ1n) is 7.81. The fourth-order valence-electron chi connectivity index (χ4n) is 2.79. The van der Waals surface area contributed by atoms with Crippen molar-refractivity contribution in [3.05, 3.63) is 24.3 Å². The number of nitrogens with zero attached hydrogens (tertiary/aromatic N) is 1. The maximum atomic E-state index is 12.0. The molecule has 5 heteroatoms. The number of carbonyl (C=O) groups excluding carboxylic acids is 1. The summed E-state index contributed by atoms with van der Waals surface area (Å²) in [5.41, 5.74) is 0.403. The zero-order valence-corrected chi connectivity index (χ0v) is 13.5. The smallest absolute Gasteiger partial charge is 0.317 e. The molecule has 2 fully saturated rings. The van der Waals surface area contributed by atoms with E-state index in [0.29, 0.717) is 24.4 Å². The summed E-state index contributed by atoms with van der Waals surface area (Å²) in [4.78, 5) is 13.8. The molecule has 0 bridgehead atoms. The third-order valence-corrected chi connectivity index (χ3v) is 4.70. The minimum Gasteiger partial charge on any atom is -0.497 e. The van der Waals surface area contributed by atoms with Crippen LogP contribution in [0.25, 0.3) is 0 Å². The summed E-state index contributed by atoms with van der Waals surface area (Å²) in [7, 11) is 1.63. The number of benzene rings is 1. The van der Waals surface area contributed by atoms with Gasteiger partial charge >= 0.3 is 6.03 Å². The van der Waals surface area contributed by atoms with Crippen molar-refractivity contribution in [3.8, 4) is 11.5 Å². The minimum absolute atomic E-state index is 0.0215. The average molecular weight is 304 g/mol. The first-order valence-corrected chi connectivity index (χ1v) is 7.81. The molecule has 1 aromatic rings. The minimum atomic E-state index is 0.0215. The van der Waals surface area contributed by atoms with E-state index < -0.39 is 0 Å². The Hall–Kier alpha value is -1.91. The second-order valence-electron chi connectivity index (χ2n) is 6.90. The number of hydrogen-bond donors (Lipinski definition) is 1. The van der Waals surface area contributed by atoms with E-state index in [1.807, 2.05) is 24.3 Å². The Bertz CT molecular complexity index is 553. The Labute approximate surface area is 131 Å². The van der Waals surface area contributed by atoms with Gasteiger partial charge in [-0.2, -0.15) is 0 Å². The van der Waals surface area contributed by atoms with Crippen LogP contribution in [0.3, 0.4) is 0 Å². The van der Waals surface area contributed by atoms with E-state index in [1.54, 1.807) is 12.0 Å². The van der Waals surface area contributed by atoms with Gasteiger partial charge in [0, 0.05) is 12.6 Å². The topological polar surface area (TPSA) is 50.8 Å². The molecule has 1 heterocycles. The second kappa shape index (κ2) is 5.71. The number of amides is 2. The van der Waals surface area contributed by atoms with E-state index in [0.717, 1.165) is 18.0 Å². The zero-order valence-electron chi connectivity index (χ0n) is 13.5. The van der Waals surface area contributed by atoms with Crippen LogP contribution >= 0.6 is 0 Å². The first kappa shape index (κ1) is 15.0. The molecule has 0 aromatic heterocycles. The van der Waals surface area contributed by atoms with Crippen molar-refractivity contribution in [3.63, 3.8) is 0 Å². The number of nitrogens with one attached hydrogen (secondary N) is 1. The Balaban J connectivity index is 1.39. The Morgan fingerprint density at radius 1 is 1.36 bits per heavy atom. The summed E-state index contributed by atoms with van der Waals surface area (Å²) in [5, 5.41) is 3.02. The molecule has 1 atom stereocenters. The molecule has 3 rings (SSSR count). The fourth-order valence-corrected chi connectivity index (χ4v) is 2.79. The number of ether oxygens (including phenoxy) is 2. The Kier molecular flexibility index (Phi) is 3.89. The highest BCUT2D eigenvalue weighted by Crippen LogP contribution is 2.50. The maximum absolute atomic E-state index is 12.0. The average Bonchev–Trinajstić information content (AvgIpc) is 3.07. The van der Waals surface area contributed by atoms with Gasteiger partial charge in [-0.05, 0) is 29.9 Å². The van der Waals surface area contributed by atoms with Gasteiger partial charge in [0.05, 0.1) is 20.2 Å². The molecule has 2 amide bonds. The Morgan fingerprint density at radius 2 is 2.05 bits per heavy atom. The van der Waals surface area contributed by atoms with Crippen LogP contribution in [0.15, 0.2) is 24.3 Å². The highest BCUT2D eigenvalue weighted by Gasteiger charge is 2.45. The lowest BCUT2D eigenvalue weighted by Gasteiger charge is -2.38. The van der Waals surface area contributed by atoms with Gasteiger partial charge in [-0.15, -0.1) is 0 Å². The molecule has 1 saturated heterocycles. The van der Waals surface area contributed by atoms with E-state index in [9.17, 15) is 4.79 Å². The third-order valence-electron chi connectivity index (χ3n) is 4.70. The monoisotopic (exact) mass is 304 g/mol. The van der Waals surface area contributed by atoms with Gasteiger partial charge < -0.3 is 19.7 Å². The van der Waals surface area contributed by atoms with Gasteiger partial charge in [-0.3, -0.25) is 0 Å². The van der Waals surface area contributed by atoms with Crippen molar-refractivity contribution < 1.29 is 14.3 Å². The molecule has 22 heavy (non-hydrogen) atoms. The molecule has 2 aliphatic rings. The van der Waals surface area contributed by atoms with Crippen molar-refractivity contribution in [2.45, 2.75) is 26.4 Å². The molecule has 1 unspecified atom stereocenters. The molecule has 120 valence electrons. The number of carbonyl (C=O) groups is 1. The highest BCUT2D eigenvalue weighted by molar-refractivity contribution is 5.75. The highest BCUT2D eigenvalue weighted by atomic mass is 16.5. The SMILES string of the molecule is COc1cccc(OC2CN(C(=O)NCC3CC3(C)C)C2)c1. The second-order valence-corrected chi connectivity index (χ2v) is 6.90. The lowest BCUT2D eigenvalue weighted by Crippen LogP contribution is -2.59. The molecule has 1 aliphatic heterocycles. The van der Waals surface area contributed by atoms with E-state index in [4.69, 9.17) is 9.47 Å². The van der Waals surface area contributed by atoms with Crippen molar-refractivity contribution in [2.75, 3.05) is 26.7 Å². The molecule has 5 nitrogen and oxygen atoms in total. The zero-order chi connectivity index (χ0) is 15.7. The molecule has 0 radical (unpaired) electrons. The summed E-state index contributed by atoms with van der Waals surface area (Å²) in [6, 6.07) is 7.56. The summed E-state index contributed by atoms with van der Waals surface area (Å²) < 4.78 is 11.0. The predicted molar refractivity (Wildman–Crippen MR) is 84.3 cm³/mol. The summed E-state index contributed by atoms with van der Waals surface area (Å²) in [6.45, 7) is 6.54. The van der Waals surface area contributed by atoms with Crippen LogP contribution in [0.1, 0.15) is 20.3 Å². The number of methoxy groups -OCH3 is 1. The third kappa shape index (κ3) is 3.29. The molecule has 0 spiro atoms. The van der Waals surface area contributed by atoms with Crippen molar-refractivity contribution in [2.24, 2.45) is 11.3 Å². The summed E-state index contributed by atoms with van der Waals surface area (Å²) in [6.07, 6.45) is 1.27. The van der Waals surface area contributed by atoms with Crippen LogP contribution in [0.2, 0.25) is 0 Å². The lowest BCUT2D eigenvalue weighted by molar-refractivity contribution is 0.0442. The normalized spacial score (nSPS) is 22.7. The van der Waals surface area contributed by atoms with Crippen molar-refractivity contribution in [1.29, 1.82) is 0 Å². The van der Waals surface area contributed by atoms with Gasteiger partial charge in [-0.1, -0.05) is 19.9 Å². The van der Waals surface area contributed by atoms with Crippen LogP contribution < -0.4 is 14.8 Å². The van der Waals surface area contributed by atoms with E-state index in [1.165, 1.54) is 6.42 Å². The van der Waals surface area contributed by atoms with Crippen molar-refractivity contribution in [1.82, 2.24) is 10.2 Å². The lowest BCUT2D eigenvalue weighted by atomic mass is 10.1. The Morgan fingerprint density at radius 3 is 2.68 bits per heavy atom. The molecule has 1 aliphatic carbocycles. The number of urea groups is 1. The number of hydrogen-bond acceptors (Lipinski definition) is 3. The van der Waals surface area contributed by atoms with Crippen LogP contribution in [0.5, 0.6) is 11.5 Å². The standard InChI is InChI=1S/C17H24N2O3/c1-17(2)8-12(17)9-18-16(20)19-10-15(11-19)22-14-6-4-5-13(7-14)21-3/h4-7,12,15H,8-11H2,1-3H3,(H,18,20). The van der Waals surface area contributed by atoms with Gasteiger partial charge in [0.2, 0.25) is 0 Å². The molecule has 1 saturated carbocycles. The molecule has 1 aromatic carbocycles.